The molecule has 1 aromatic rings. The minimum atomic E-state index is -1.23. The van der Waals surface area contributed by atoms with E-state index in [2.05, 4.69) is 5.32 Å². The zero-order chi connectivity index (χ0) is 16.3. The van der Waals surface area contributed by atoms with E-state index in [1.807, 2.05) is 0 Å². The highest BCUT2D eigenvalue weighted by atomic mass is 16.4. The van der Waals surface area contributed by atoms with E-state index >= 15 is 0 Å². The van der Waals surface area contributed by atoms with Crippen LogP contribution in [0.25, 0.3) is 0 Å². The summed E-state index contributed by atoms with van der Waals surface area (Å²) < 4.78 is 0. The summed E-state index contributed by atoms with van der Waals surface area (Å²) in [5.74, 6) is -2.38. The maximum Gasteiger partial charge on any atom is 0.337 e. The minimum absolute atomic E-state index is 0.00888. The Balaban J connectivity index is 2.24. The smallest absolute Gasteiger partial charge is 0.337 e. The number of hydrogen-bond donors (Lipinski definition) is 3. The molecule has 1 aromatic carbocycles. The number of carbonyl (C=O) groups is 3. The molecule has 0 saturated carbocycles. The number of imide groups is 1. The van der Waals surface area contributed by atoms with Crippen molar-refractivity contribution < 1.29 is 24.6 Å². The summed E-state index contributed by atoms with van der Waals surface area (Å²) in [5, 5.41) is 29.4. The van der Waals surface area contributed by atoms with Gasteiger partial charge in [-0.25, -0.2) is 4.79 Å². The van der Waals surface area contributed by atoms with Gasteiger partial charge in [-0.15, -0.1) is 0 Å². The van der Waals surface area contributed by atoms with E-state index < -0.39 is 17.8 Å². The number of hydrogen-bond acceptors (Lipinski definition) is 6. The zero-order valence-electron chi connectivity index (χ0n) is 11.2. The molecular weight excluding hydrogens is 290 g/mol. The summed E-state index contributed by atoms with van der Waals surface area (Å²) in [6.07, 6.45) is 1.08. The fourth-order valence-corrected chi connectivity index (χ4v) is 1.97. The Morgan fingerprint density at radius 3 is 2.68 bits per heavy atom. The van der Waals surface area contributed by atoms with Crippen molar-refractivity contribution in [3.8, 4) is 6.07 Å². The van der Waals surface area contributed by atoms with Crippen molar-refractivity contribution in [3.05, 3.63) is 41.1 Å². The highest BCUT2D eigenvalue weighted by Gasteiger charge is 2.30. The molecule has 0 aliphatic carbocycles. The number of anilines is 1. The Bertz CT molecular complexity index is 732. The third kappa shape index (κ3) is 2.79. The molecule has 2 rings (SSSR count). The first-order valence-electron chi connectivity index (χ1n) is 6.20. The largest absolute Gasteiger partial charge is 0.478 e. The Kier molecular flexibility index (Phi) is 4.20. The first-order chi connectivity index (χ1) is 10.5. The normalized spacial score (nSPS) is 13.8. The van der Waals surface area contributed by atoms with Crippen LogP contribution in [0.15, 0.2) is 30.0 Å². The summed E-state index contributed by atoms with van der Waals surface area (Å²) in [7, 11) is 0. The maximum absolute atomic E-state index is 11.9. The molecule has 0 atom stereocenters. The molecule has 1 aliphatic rings. The average molecular weight is 301 g/mol. The van der Waals surface area contributed by atoms with Crippen molar-refractivity contribution in [2.75, 3.05) is 18.5 Å². The van der Waals surface area contributed by atoms with Gasteiger partial charge in [0, 0.05) is 11.8 Å². The van der Waals surface area contributed by atoms with Crippen LogP contribution in [0.3, 0.4) is 0 Å². The van der Waals surface area contributed by atoms with Gasteiger partial charge in [-0.2, -0.15) is 5.26 Å². The van der Waals surface area contributed by atoms with Crippen LogP contribution in [0, 0.1) is 11.3 Å². The van der Waals surface area contributed by atoms with E-state index in [4.69, 9.17) is 15.5 Å². The van der Waals surface area contributed by atoms with Crippen LogP contribution in [0.4, 0.5) is 5.69 Å². The lowest BCUT2D eigenvalue weighted by molar-refractivity contribution is -0.137. The van der Waals surface area contributed by atoms with Gasteiger partial charge in [0.15, 0.2) is 0 Å². The number of nitriles is 1. The van der Waals surface area contributed by atoms with E-state index in [0.29, 0.717) is 5.69 Å². The van der Waals surface area contributed by atoms with E-state index in [9.17, 15) is 14.4 Å². The Morgan fingerprint density at radius 2 is 2.09 bits per heavy atom. The number of aliphatic hydroxyl groups is 1. The first kappa shape index (κ1) is 15.2. The lowest BCUT2D eigenvalue weighted by atomic mass is 10.1. The zero-order valence-corrected chi connectivity index (χ0v) is 11.2. The van der Waals surface area contributed by atoms with Crippen LogP contribution in [0.2, 0.25) is 0 Å². The molecule has 0 fully saturated rings. The van der Waals surface area contributed by atoms with Crippen molar-refractivity contribution in [2.45, 2.75) is 0 Å². The van der Waals surface area contributed by atoms with Crippen LogP contribution in [0.5, 0.6) is 0 Å². The number of carbonyl (C=O) groups excluding carboxylic acids is 2. The number of nitrogens with one attached hydrogen (secondary N) is 1. The summed E-state index contributed by atoms with van der Waals surface area (Å²) in [5.41, 5.74) is 0.0741. The summed E-state index contributed by atoms with van der Waals surface area (Å²) >= 11 is 0. The standard InChI is InChI=1S/C14H11N3O5/c15-7-8-5-9(1-2-10(8)14(21)22)16-11-6-12(19)17(3-4-18)13(11)20/h1-2,5-6,16,18H,3-4H2,(H,21,22). The van der Waals surface area contributed by atoms with Crippen LogP contribution in [-0.4, -0.2) is 46.0 Å². The second kappa shape index (κ2) is 6.07. The third-order valence-electron chi connectivity index (χ3n) is 2.98. The molecule has 0 spiro atoms. The second-order valence-electron chi connectivity index (χ2n) is 4.38. The van der Waals surface area contributed by atoms with E-state index in [0.717, 1.165) is 11.0 Å². The van der Waals surface area contributed by atoms with Crippen LogP contribution in [0.1, 0.15) is 15.9 Å². The van der Waals surface area contributed by atoms with Crippen molar-refractivity contribution in [3.63, 3.8) is 0 Å². The highest BCUT2D eigenvalue weighted by Crippen LogP contribution is 2.20. The molecular formula is C14H11N3O5. The molecule has 8 heteroatoms. The molecule has 8 nitrogen and oxygen atoms in total. The van der Waals surface area contributed by atoms with Gasteiger partial charge >= 0.3 is 5.97 Å². The van der Waals surface area contributed by atoms with Crippen molar-refractivity contribution in [1.29, 1.82) is 5.26 Å². The van der Waals surface area contributed by atoms with Crippen LogP contribution >= 0.6 is 0 Å². The number of aromatic carboxylic acids is 1. The van der Waals surface area contributed by atoms with Gasteiger partial charge in [-0.05, 0) is 18.2 Å². The minimum Gasteiger partial charge on any atom is -0.478 e. The Labute approximate surface area is 124 Å². The van der Waals surface area contributed by atoms with Crippen LogP contribution in [-0.2, 0) is 9.59 Å². The number of aliphatic hydroxyl groups excluding tert-OH is 1. The maximum atomic E-state index is 11.9. The molecule has 0 unspecified atom stereocenters. The Morgan fingerprint density at radius 1 is 1.36 bits per heavy atom. The van der Waals surface area contributed by atoms with Gasteiger partial charge in [0.1, 0.15) is 11.8 Å². The summed E-state index contributed by atoms with van der Waals surface area (Å²) in [4.78, 5) is 35.3. The van der Waals surface area contributed by atoms with Gasteiger partial charge < -0.3 is 15.5 Å². The number of benzene rings is 1. The number of amides is 2. The molecule has 0 bridgehead atoms. The Hall–Kier alpha value is -3.18. The van der Waals surface area contributed by atoms with E-state index in [-0.39, 0.29) is 30.0 Å². The fourth-order valence-electron chi connectivity index (χ4n) is 1.97. The highest BCUT2D eigenvalue weighted by molar-refractivity contribution is 6.17. The van der Waals surface area contributed by atoms with Gasteiger partial charge in [0.2, 0.25) is 0 Å². The predicted octanol–water partition coefficient (Wildman–Crippen LogP) is -0.0866. The average Bonchev–Trinajstić information content (AvgIpc) is 2.75. The monoisotopic (exact) mass is 301 g/mol. The van der Waals surface area contributed by atoms with Gasteiger partial charge in [-0.1, -0.05) is 0 Å². The molecule has 0 radical (unpaired) electrons. The van der Waals surface area contributed by atoms with E-state index in [1.165, 1.54) is 18.2 Å². The van der Waals surface area contributed by atoms with Gasteiger partial charge in [0.05, 0.1) is 24.3 Å². The molecule has 3 N–H and O–H groups in total. The SMILES string of the molecule is N#Cc1cc(NC2=CC(=O)N(CCO)C2=O)ccc1C(=O)O. The predicted molar refractivity (Wildman–Crippen MR) is 73.6 cm³/mol. The van der Waals surface area contributed by atoms with E-state index in [1.54, 1.807) is 6.07 Å². The lowest BCUT2D eigenvalue weighted by Crippen LogP contribution is -2.34. The van der Waals surface area contributed by atoms with Crippen LogP contribution < -0.4 is 5.32 Å². The fraction of sp³-hybridized carbons (Fsp3) is 0.143. The summed E-state index contributed by atoms with van der Waals surface area (Å²) in [6.45, 7) is -0.453. The van der Waals surface area contributed by atoms with Crippen molar-refractivity contribution in [1.82, 2.24) is 4.90 Å². The summed E-state index contributed by atoms with van der Waals surface area (Å²) in [6, 6.07) is 5.65. The van der Waals surface area contributed by atoms with Gasteiger partial charge in [-0.3, -0.25) is 14.5 Å². The molecule has 0 aromatic heterocycles. The topological polar surface area (TPSA) is 131 Å². The molecule has 1 heterocycles. The van der Waals surface area contributed by atoms with Gasteiger partial charge in [0.25, 0.3) is 11.8 Å². The second-order valence-corrected chi connectivity index (χ2v) is 4.38. The lowest BCUT2D eigenvalue weighted by Gasteiger charge is -2.13. The van der Waals surface area contributed by atoms with Crippen molar-refractivity contribution >= 4 is 23.5 Å². The molecule has 1 aliphatic heterocycles. The number of β-amino-alcohol motifs (C(OH)–C–C–N with tert-alkyl or cyclic N) is 1. The molecule has 2 amide bonds. The first-order valence-corrected chi connectivity index (χ1v) is 6.20. The number of rotatable bonds is 5. The third-order valence-corrected chi connectivity index (χ3v) is 2.98. The van der Waals surface area contributed by atoms with Crippen molar-refractivity contribution in [2.24, 2.45) is 0 Å². The quantitative estimate of drug-likeness (QED) is 0.648. The number of carboxylic acids is 1. The molecule has 22 heavy (non-hydrogen) atoms. The number of nitrogens with zero attached hydrogens (tertiary/aromatic N) is 2. The molecule has 112 valence electrons. The molecule has 0 saturated heterocycles. The number of carboxylic acid groups (broad SMARTS) is 1.